The van der Waals surface area contributed by atoms with Gasteiger partial charge >= 0.3 is 0 Å². The second-order valence-corrected chi connectivity index (χ2v) is 8.81. The summed E-state index contributed by atoms with van der Waals surface area (Å²) in [5.41, 5.74) is 3.78. The Kier molecular flexibility index (Phi) is 5.55. The van der Waals surface area contributed by atoms with Crippen molar-refractivity contribution in [2.75, 3.05) is 0 Å². The van der Waals surface area contributed by atoms with E-state index in [2.05, 4.69) is 6.07 Å². The molecule has 0 radical (unpaired) electrons. The van der Waals surface area contributed by atoms with Gasteiger partial charge in [-0.05, 0) is 36.4 Å². The van der Waals surface area contributed by atoms with Crippen LogP contribution in [0.2, 0.25) is 0 Å². The number of rotatable bonds is 5. The van der Waals surface area contributed by atoms with Gasteiger partial charge < -0.3 is 0 Å². The molecule has 0 aliphatic rings. The highest BCUT2D eigenvalue weighted by molar-refractivity contribution is 7.98. The molecule has 0 amide bonds. The first-order valence-corrected chi connectivity index (χ1v) is 11.7. The molecule has 0 N–H and O–H groups in total. The molecule has 0 unspecified atom stereocenters. The minimum Gasteiger partial charge on any atom is -0.268 e. The molecule has 0 saturated carbocycles. The van der Waals surface area contributed by atoms with Crippen molar-refractivity contribution in [1.82, 2.24) is 14.5 Å². The van der Waals surface area contributed by atoms with Crippen LogP contribution in [0.25, 0.3) is 27.2 Å². The molecular formula is C25H16N4OS2. The van der Waals surface area contributed by atoms with Gasteiger partial charge in [-0.2, -0.15) is 5.26 Å². The lowest BCUT2D eigenvalue weighted by molar-refractivity contribution is 0.819. The zero-order valence-electron chi connectivity index (χ0n) is 16.8. The van der Waals surface area contributed by atoms with Crippen LogP contribution in [0.4, 0.5) is 0 Å². The maximum absolute atomic E-state index is 13.3. The molecule has 0 spiro atoms. The van der Waals surface area contributed by atoms with Gasteiger partial charge in [-0.25, -0.2) is 9.97 Å². The largest absolute Gasteiger partial charge is 0.268 e. The molecule has 2 aromatic heterocycles. The summed E-state index contributed by atoms with van der Waals surface area (Å²) >= 11 is 3.08. The van der Waals surface area contributed by atoms with Crippen LogP contribution in [0.5, 0.6) is 0 Å². The molecule has 0 saturated heterocycles. The van der Waals surface area contributed by atoms with Crippen LogP contribution in [-0.4, -0.2) is 14.5 Å². The Balaban J connectivity index is 1.52. The fraction of sp³-hybridized carbons (Fsp3) is 0.0400. The van der Waals surface area contributed by atoms with Crippen LogP contribution in [-0.2, 0) is 5.75 Å². The summed E-state index contributed by atoms with van der Waals surface area (Å²) in [6.45, 7) is 0. The predicted molar refractivity (Wildman–Crippen MR) is 129 cm³/mol. The normalized spacial score (nSPS) is 10.8. The second kappa shape index (κ2) is 8.79. The van der Waals surface area contributed by atoms with Crippen LogP contribution in [0.1, 0.15) is 11.3 Å². The Labute approximate surface area is 192 Å². The second-order valence-electron chi connectivity index (χ2n) is 7.01. The molecule has 154 valence electrons. The molecule has 0 bridgehead atoms. The summed E-state index contributed by atoms with van der Waals surface area (Å²) in [5, 5.41) is 13.3. The molecule has 0 fully saturated rings. The first-order valence-electron chi connectivity index (χ1n) is 9.88. The summed E-state index contributed by atoms with van der Waals surface area (Å²) in [4.78, 5) is 22.9. The number of thioether (sulfide) groups is 1. The van der Waals surface area contributed by atoms with Gasteiger partial charge in [0.1, 0.15) is 5.01 Å². The minimum absolute atomic E-state index is 0.133. The zero-order valence-corrected chi connectivity index (χ0v) is 18.4. The molecule has 0 aliphatic carbocycles. The lowest BCUT2D eigenvalue weighted by atomic mass is 10.2. The molecule has 3 aromatic carbocycles. The maximum atomic E-state index is 13.3. The van der Waals surface area contributed by atoms with E-state index in [1.807, 2.05) is 53.9 Å². The van der Waals surface area contributed by atoms with Gasteiger partial charge in [-0.1, -0.05) is 54.2 Å². The number of nitrogens with zero attached hydrogens (tertiary/aromatic N) is 4. The Hall–Kier alpha value is -3.73. The van der Waals surface area contributed by atoms with Crippen molar-refractivity contribution >= 4 is 34.0 Å². The molecule has 2 heterocycles. The first kappa shape index (κ1) is 20.2. The van der Waals surface area contributed by atoms with E-state index >= 15 is 0 Å². The third-order valence-corrected chi connectivity index (χ3v) is 6.83. The topological polar surface area (TPSA) is 71.6 Å². The number of hydrogen-bond acceptors (Lipinski definition) is 6. The van der Waals surface area contributed by atoms with Crippen molar-refractivity contribution in [3.05, 3.63) is 106 Å². The number of hydrogen-bond donors (Lipinski definition) is 0. The van der Waals surface area contributed by atoms with E-state index in [9.17, 15) is 4.79 Å². The number of para-hydroxylation sites is 1. The maximum Gasteiger partial charge on any atom is 0.266 e. The van der Waals surface area contributed by atoms with Gasteiger partial charge in [0.25, 0.3) is 5.56 Å². The van der Waals surface area contributed by atoms with E-state index in [-0.39, 0.29) is 5.56 Å². The highest BCUT2D eigenvalue weighted by Crippen LogP contribution is 2.28. The Bertz CT molecular complexity index is 1500. The lowest BCUT2D eigenvalue weighted by Gasteiger charge is -2.13. The van der Waals surface area contributed by atoms with E-state index < -0.39 is 0 Å². The van der Waals surface area contributed by atoms with Crippen molar-refractivity contribution < 1.29 is 0 Å². The molecule has 0 atom stereocenters. The number of thiazole rings is 1. The third-order valence-electron chi connectivity index (χ3n) is 4.92. The van der Waals surface area contributed by atoms with E-state index in [4.69, 9.17) is 15.2 Å². The highest BCUT2D eigenvalue weighted by Gasteiger charge is 2.14. The monoisotopic (exact) mass is 452 g/mol. The number of aromatic nitrogens is 3. The molecule has 7 heteroatoms. The summed E-state index contributed by atoms with van der Waals surface area (Å²) in [7, 11) is 0. The fourth-order valence-corrected chi connectivity index (χ4v) is 5.18. The zero-order chi connectivity index (χ0) is 21.9. The van der Waals surface area contributed by atoms with Crippen LogP contribution < -0.4 is 5.56 Å². The van der Waals surface area contributed by atoms with E-state index in [0.29, 0.717) is 33.1 Å². The van der Waals surface area contributed by atoms with E-state index in [1.165, 1.54) is 11.8 Å². The summed E-state index contributed by atoms with van der Waals surface area (Å²) < 4.78 is 1.61. The van der Waals surface area contributed by atoms with Crippen LogP contribution >= 0.6 is 23.1 Å². The van der Waals surface area contributed by atoms with Crippen molar-refractivity contribution in [3.63, 3.8) is 0 Å². The molecule has 5 aromatic rings. The quantitative estimate of drug-likeness (QED) is 0.254. The van der Waals surface area contributed by atoms with Crippen molar-refractivity contribution in [1.29, 1.82) is 5.26 Å². The van der Waals surface area contributed by atoms with Gasteiger partial charge in [0.15, 0.2) is 5.16 Å². The van der Waals surface area contributed by atoms with Crippen molar-refractivity contribution in [3.8, 4) is 22.3 Å². The predicted octanol–water partition coefficient (Wildman–Crippen LogP) is 5.67. The molecule has 32 heavy (non-hydrogen) atoms. The van der Waals surface area contributed by atoms with Gasteiger partial charge in [-0.15, -0.1) is 11.3 Å². The van der Waals surface area contributed by atoms with Crippen LogP contribution in [0.15, 0.2) is 94.2 Å². The van der Waals surface area contributed by atoms with Crippen LogP contribution in [0, 0.1) is 11.3 Å². The summed E-state index contributed by atoms with van der Waals surface area (Å²) in [5.74, 6) is 0.588. The number of nitriles is 1. The van der Waals surface area contributed by atoms with E-state index in [1.54, 1.807) is 46.2 Å². The molecule has 5 nitrogen and oxygen atoms in total. The summed E-state index contributed by atoms with van der Waals surface area (Å²) in [6.07, 6.45) is 0. The van der Waals surface area contributed by atoms with Gasteiger partial charge in [0.2, 0.25) is 0 Å². The van der Waals surface area contributed by atoms with E-state index in [0.717, 1.165) is 16.3 Å². The smallest absolute Gasteiger partial charge is 0.266 e. The Morgan fingerprint density at radius 3 is 2.47 bits per heavy atom. The van der Waals surface area contributed by atoms with Gasteiger partial charge in [0, 0.05) is 16.7 Å². The molecular weight excluding hydrogens is 436 g/mol. The number of benzene rings is 3. The average Bonchev–Trinajstić information content (AvgIpc) is 3.33. The van der Waals surface area contributed by atoms with Crippen LogP contribution in [0.3, 0.4) is 0 Å². The lowest BCUT2D eigenvalue weighted by Crippen LogP contribution is -2.21. The van der Waals surface area contributed by atoms with Gasteiger partial charge in [-0.3, -0.25) is 9.36 Å². The average molecular weight is 453 g/mol. The first-order chi connectivity index (χ1) is 15.7. The SMILES string of the molecule is N#Cc1ccc(-n2c(SCc3csc(-c4ccccc4)n3)nc3ccccc3c2=O)cc1. The third kappa shape index (κ3) is 3.94. The fourth-order valence-electron chi connectivity index (χ4n) is 3.35. The summed E-state index contributed by atoms with van der Waals surface area (Å²) in [6, 6.07) is 26.5. The molecule has 5 rings (SSSR count). The number of fused-ring (bicyclic) bond motifs is 1. The highest BCUT2D eigenvalue weighted by atomic mass is 32.2. The standard InChI is InChI=1S/C25H16N4OS2/c26-14-17-10-12-20(13-11-17)29-24(30)21-8-4-5-9-22(21)28-25(29)32-16-19-15-31-23(27-19)18-6-2-1-3-7-18/h1-13,15H,16H2. The van der Waals surface area contributed by atoms with Crippen molar-refractivity contribution in [2.45, 2.75) is 10.9 Å². The van der Waals surface area contributed by atoms with Crippen molar-refractivity contribution in [2.24, 2.45) is 0 Å². The Morgan fingerprint density at radius 2 is 1.69 bits per heavy atom. The molecule has 0 aliphatic heterocycles. The minimum atomic E-state index is -0.133. The van der Waals surface area contributed by atoms with Gasteiger partial charge in [0.05, 0.1) is 33.9 Å². The Morgan fingerprint density at radius 1 is 0.938 bits per heavy atom.